The van der Waals surface area contributed by atoms with Crippen LogP contribution in [0.15, 0.2) is 78.9 Å². The van der Waals surface area contributed by atoms with E-state index < -0.39 is 0 Å². The van der Waals surface area contributed by atoms with Crippen LogP contribution < -0.4 is 9.47 Å². The van der Waals surface area contributed by atoms with Crippen molar-refractivity contribution in [3.63, 3.8) is 0 Å². The van der Waals surface area contributed by atoms with Crippen molar-refractivity contribution < 1.29 is 14.3 Å². The van der Waals surface area contributed by atoms with Crippen LogP contribution in [-0.4, -0.2) is 29.7 Å². The van der Waals surface area contributed by atoms with Gasteiger partial charge in [-0.05, 0) is 47.2 Å². The molecule has 0 bridgehead atoms. The van der Waals surface area contributed by atoms with Gasteiger partial charge in [0.25, 0.3) is 5.91 Å². The Hall–Kier alpha value is -3.83. The van der Waals surface area contributed by atoms with Crippen LogP contribution in [0, 0.1) is 0 Å². The van der Waals surface area contributed by atoms with E-state index >= 15 is 0 Å². The molecule has 158 valence electrons. The maximum absolute atomic E-state index is 13.8. The second-order valence-electron chi connectivity index (χ2n) is 7.31. The summed E-state index contributed by atoms with van der Waals surface area (Å²) in [6.07, 6.45) is 0. The molecule has 0 saturated carbocycles. The quantitative estimate of drug-likeness (QED) is 0.331. The van der Waals surface area contributed by atoms with Crippen LogP contribution in [0.3, 0.4) is 0 Å². The van der Waals surface area contributed by atoms with Crippen molar-refractivity contribution in [1.82, 2.24) is 9.55 Å². The van der Waals surface area contributed by atoms with Gasteiger partial charge in [0.15, 0.2) is 11.5 Å². The lowest BCUT2D eigenvalue weighted by Crippen LogP contribution is -2.14. The first-order valence-corrected chi connectivity index (χ1v) is 10.4. The molecular formula is C26H19ClN2O3. The van der Waals surface area contributed by atoms with E-state index in [4.69, 9.17) is 26.1 Å². The van der Waals surface area contributed by atoms with Crippen LogP contribution in [0.25, 0.3) is 33.2 Å². The molecule has 1 heterocycles. The van der Waals surface area contributed by atoms with Gasteiger partial charge in [0.1, 0.15) is 5.82 Å². The number of carbonyl (C=O) groups is 1. The molecule has 5 aromatic rings. The molecule has 1 aromatic heterocycles. The van der Waals surface area contributed by atoms with E-state index in [0.717, 1.165) is 16.3 Å². The predicted octanol–water partition coefficient (Wildman–Crippen LogP) is 6.22. The zero-order valence-corrected chi connectivity index (χ0v) is 18.3. The summed E-state index contributed by atoms with van der Waals surface area (Å²) in [6.45, 7) is 0. The first-order chi connectivity index (χ1) is 15.6. The zero-order chi connectivity index (χ0) is 22.2. The van der Waals surface area contributed by atoms with E-state index in [9.17, 15) is 4.79 Å². The number of hydrogen-bond acceptors (Lipinski definition) is 4. The van der Waals surface area contributed by atoms with Gasteiger partial charge in [-0.15, -0.1) is 0 Å². The molecule has 6 heteroatoms. The number of ether oxygens (including phenoxy) is 2. The third-order valence-corrected chi connectivity index (χ3v) is 5.72. The van der Waals surface area contributed by atoms with Crippen molar-refractivity contribution in [3.8, 4) is 22.9 Å². The van der Waals surface area contributed by atoms with Crippen LogP contribution in [0.1, 0.15) is 10.4 Å². The van der Waals surface area contributed by atoms with Crippen LogP contribution in [0.4, 0.5) is 0 Å². The highest BCUT2D eigenvalue weighted by Crippen LogP contribution is 2.34. The second kappa shape index (κ2) is 8.02. The summed E-state index contributed by atoms with van der Waals surface area (Å²) >= 11 is 6.23. The molecule has 0 aliphatic rings. The zero-order valence-electron chi connectivity index (χ0n) is 17.5. The van der Waals surface area contributed by atoms with Gasteiger partial charge in [0.2, 0.25) is 0 Å². The lowest BCUT2D eigenvalue weighted by atomic mass is 10.0. The number of benzene rings is 4. The molecule has 0 unspecified atom stereocenters. The summed E-state index contributed by atoms with van der Waals surface area (Å²) in [6, 6.07) is 24.5. The van der Waals surface area contributed by atoms with Crippen LogP contribution in [0.5, 0.6) is 11.5 Å². The minimum Gasteiger partial charge on any atom is -0.493 e. The topological polar surface area (TPSA) is 53.4 Å². The number of aromatic nitrogens is 2. The Labute approximate surface area is 189 Å². The fourth-order valence-corrected chi connectivity index (χ4v) is 4.12. The van der Waals surface area contributed by atoms with Gasteiger partial charge in [-0.1, -0.05) is 54.1 Å². The highest BCUT2D eigenvalue weighted by atomic mass is 35.5. The van der Waals surface area contributed by atoms with E-state index in [-0.39, 0.29) is 5.91 Å². The molecule has 5 rings (SSSR count). The first kappa shape index (κ1) is 20.1. The van der Waals surface area contributed by atoms with E-state index in [0.29, 0.717) is 38.9 Å². The van der Waals surface area contributed by atoms with Gasteiger partial charge in [0.05, 0.1) is 25.3 Å². The molecule has 4 aromatic carbocycles. The number of imidazole rings is 1. The summed E-state index contributed by atoms with van der Waals surface area (Å²) in [7, 11) is 3.10. The fraction of sp³-hybridized carbons (Fsp3) is 0.0769. The Balaban J connectivity index is 1.78. The molecular weight excluding hydrogens is 424 g/mol. The average Bonchev–Trinajstić information content (AvgIpc) is 3.20. The summed E-state index contributed by atoms with van der Waals surface area (Å²) in [5, 5.41) is 2.64. The summed E-state index contributed by atoms with van der Waals surface area (Å²) in [5.41, 5.74) is 2.65. The predicted molar refractivity (Wildman–Crippen MR) is 127 cm³/mol. The van der Waals surface area contributed by atoms with Gasteiger partial charge in [-0.25, -0.2) is 4.98 Å². The number of fused-ring (bicyclic) bond motifs is 2. The molecule has 0 spiro atoms. The number of carbonyl (C=O) groups excluding carboxylic acids is 1. The number of hydrogen-bond donors (Lipinski definition) is 0. The maximum atomic E-state index is 13.8. The van der Waals surface area contributed by atoms with Crippen molar-refractivity contribution in [2.24, 2.45) is 0 Å². The molecule has 0 atom stereocenters. The average molecular weight is 443 g/mol. The monoisotopic (exact) mass is 442 g/mol. The van der Waals surface area contributed by atoms with Gasteiger partial charge >= 0.3 is 0 Å². The largest absolute Gasteiger partial charge is 0.493 e. The lowest BCUT2D eigenvalue weighted by Gasteiger charge is -2.12. The number of rotatable bonds is 4. The molecule has 0 aliphatic heterocycles. The van der Waals surface area contributed by atoms with Gasteiger partial charge in [0, 0.05) is 16.1 Å². The Bertz CT molecular complexity index is 1480. The van der Waals surface area contributed by atoms with Crippen LogP contribution >= 0.6 is 11.6 Å². The molecule has 32 heavy (non-hydrogen) atoms. The molecule has 0 saturated heterocycles. The maximum Gasteiger partial charge on any atom is 0.264 e. The molecule has 0 N–H and O–H groups in total. The van der Waals surface area contributed by atoms with E-state index in [2.05, 4.69) is 0 Å². The lowest BCUT2D eigenvalue weighted by molar-refractivity contribution is 0.0966. The van der Waals surface area contributed by atoms with Crippen molar-refractivity contribution in [1.29, 1.82) is 0 Å². The van der Waals surface area contributed by atoms with E-state index in [1.54, 1.807) is 49.1 Å². The molecule has 0 amide bonds. The Morgan fingerprint density at radius 1 is 0.875 bits per heavy atom. The minimum atomic E-state index is -0.223. The summed E-state index contributed by atoms with van der Waals surface area (Å²) < 4.78 is 12.4. The molecule has 0 radical (unpaired) electrons. The van der Waals surface area contributed by atoms with Crippen molar-refractivity contribution in [2.45, 2.75) is 0 Å². The SMILES string of the molecule is COc1ccc(C(=O)n2c(-c3cccc4ccccc34)nc3cc(Cl)ccc32)cc1OC. The van der Waals surface area contributed by atoms with Crippen molar-refractivity contribution in [2.75, 3.05) is 14.2 Å². The second-order valence-corrected chi connectivity index (χ2v) is 7.74. The first-order valence-electron chi connectivity index (χ1n) is 10.0. The number of nitrogens with zero attached hydrogens (tertiary/aromatic N) is 2. The van der Waals surface area contributed by atoms with E-state index in [1.165, 1.54) is 0 Å². The summed E-state index contributed by atoms with van der Waals surface area (Å²) in [4.78, 5) is 18.6. The molecule has 0 aliphatic carbocycles. The fourth-order valence-electron chi connectivity index (χ4n) is 3.96. The minimum absolute atomic E-state index is 0.223. The molecule has 0 fully saturated rings. The van der Waals surface area contributed by atoms with Gasteiger partial charge < -0.3 is 9.47 Å². The van der Waals surface area contributed by atoms with Crippen LogP contribution in [-0.2, 0) is 0 Å². The standard InChI is InChI=1S/C26H19ClN2O3/c1-31-23-13-10-17(14-24(23)32-2)26(30)29-22-12-11-18(27)15-21(22)28-25(29)20-9-5-7-16-6-3-4-8-19(16)20/h3-15H,1-2H3. The third-order valence-electron chi connectivity index (χ3n) is 5.48. The van der Waals surface area contributed by atoms with Crippen molar-refractivity contribution in [3.05, 3.63) is 89.4 Å². The smallest absolute Gasteiger partial charge is 0.264 e. The number of halogens is 1. The molecule has 5 nitrogen and oxygen atoms in total. The number of methoxy groups -OCH3 is 2. The van der Waals surface area contributed by atoms with Crippen LogP contribution in [0.2, 0.25) is 5.02 Å². The van der Waals surface area contributed by atoms with Crippen molar-refractivity contribution >= 4 is 39.3 Å². The van der Waals surface area contributed by atoms with E-state index in [1.807, 2.05) is 48.5 Å². The Kier molecular flexibility index (Phi) is 5.04. The Morgan fingerprint density at radius 3 is 2.47 bits per heavy atom. The summed E-state index contributed by atoms with van der Waals surface area (Å²) in [5.74, 6) is 1.37. The highest BCUT2D eigenvalue weighted by Gasteiger charge is 2.22. The highest BCUT2D eigenvalue weighted by molar-refractivity contribution is 6.31. The normalized spacial score (nSPS) is 11.1. The third kappa shape index (κ3) is 3.27. The van der Waals surface area contributed by atoms with Gasteiger partial charge in [-0.2, -0.15) is 0 Å². The Morgan fingerprint density at radius 2 is 1.66 bits per heavy atom. The van der Waals surface area contributed by atoms with Gasteiger partial charge in [-0.3, -0.25) is 9.36 Å².